The SMILES string of the molecule is COCC1=CCN(C(=O)C(C)OC)CC1. The molecule has 0 spiro atoms. The molecular weight excluding hydrogens is 194 g/mol. The summed E-state index contributed by atoms with van der Waals surface area (Å²) in [6, 6.07) is 0. The average Bonchev–Trinajstić information content (AvgIpc) is 2.28. The summed E-state index contributed by atoms with van der Waals surface area (Å²) in [6.45, 7) is 3.88. The molecule has 4 heteroatoms. The molecule has 0 aromatic rings. The largest absolute Gasteiger partial charge is 0.380 e. The number of methoxy groups -OCH3 is 2. The molecule has 0 N–H and O–H groups in total. The van der Waals surface area contributed by atoms with Gasteiger partial charge in [0, 0.05) is 27.3 Å². The first kappa shape index (κ1) is 12.2. The van der Waals surface area contributed by atoms with E-state index < -0.39 is 0 Å². The van der Waals surface area contributed by atoms with Crippen LogP contribution in [0.2, 0.25) is 0 Å². The fraction of sp³-hybridized carbons (Fsp3) is 0.727. The quantitative estimate of drug-likeness (QED) is 0.649. The second kappa shape index (κ2) is 5.88. The minimum atomic E-state index is -0.345. The molecule has 1 unspecified atom stereocenters. The van der Waals surface area contributed by atoms with Crippen LogP contribution in [-0.4, -0.2) is 50.8 Å². The van der Waals surface area contributed by atoms with E-state index in [1.165, 1.54) is 5.57 Å². The van der Waals surface area contributed by atoms with Crippen molar-refractivity contribution in [2.24, 2.45) is 0 Å². The summed E-state index contributed by atoms with van der Waals surface area (Å²) in [4.78, 5) is 13.5. The van der Waals surface area contributed by atoms with E-state index in [1.54, 1.807) is 21.1 Å². The normalized spacial score (nSPS) is 18.6. The van der Waals surface area contributed by atoms with Crippen molar-refractivity contribution in [2.75, 3.05) is 33.9 Å². The molecule has 0 radical (unpaired) electrons. The van der Waals surface area contributed by atoms with E-state index in [0.717, 1.165) is 13.0 Å². The first-order chi connectivity index (χ1) is 7.19. The van der Waals surface area contributed by atoms with Gasteiger partial charge in [-0.25, -0.2) is 0 Å². The highest BCUT2D eigenvalue weighted by Crippen LogP contribution is 2.12. The van der Waals surface area contributed by atoms with Crippen LogP contribution in [0.25, 0.3) is 0 Å². The molecule has 4 nitrogen and oxygen atoms in total. The van der Waals surface area contributed by atoms with Crippen molar-refractivity contribution in [1.82, 2.24) is 4.90 Å². The van der Waals surface area contributed by atoms with Gasteiger partial charge in [-0.2, -0.15) is 0 Å². The smallest absolute Gasteiger partial charge is 0.251 e. The Hall–Kier alpha value is -0.870. The highest BCUT2D eigenvalue weighted by atomic mass is 16.5. The lowest BCUT2D eigenvalue weighted by molar-refractivity contribution is -0.140. The molecule has 0 saturated heterocycles. The lowest BCUT2D eigenvalue weighted by atomic mass is 10.1. The monoisotopic (exact) mass is 213 g/mol. The van der Waals surface area contributed by atoms with Gasteiger partial charge in [-0.3, -0.25) is 4.79 Å². The topological polar surface area (TPSA) is 38.8 Å². The summed E-state index contributed by atoms with van der Waals surface area (Å²) >= 11 is 0. The van der Waals surface area contributed by atoms with Crippen molar-refractivity contribution in [2.45, 2.75) is 19.4 Å². The van der Waals surface area contributed by atoms with Crippen molar-refractivity contribution < 1.29 is 14.3 Å². The number of hydrogen-bond donors (Lipinski definition) is 0. The zero-order valence-electron chi connectivity index (χ0n) is 9.66. The third-order valence-electron chi connectivity index (χ3n) is 2.65. The number of carbonyl (C=O) groups excluding carboxylic acids is 1. The molecule has 0 aromatic heterocycles. The molecule has 1 aliphatic heterocycles. The summed E-state index contributed by atoms with van der Waals surface area (Å²) in [5, 5.41) is 0. The number of carbonyl (C=O) groups is 1. The van der Waals surface area contributed by atoms with Crippen molar-refractivity contribution in [3.05, 3.63) is 11.6 Å². The molecule has 0 aliphatic carbocycles. The average molecular weight is 213 g/mol. The predicted octanol–water partition coefficient (Wildman–Crippen LogP) is 0.826. The molecule has 1 aliphatic rings. The van der Waals surface area contributed by atoms with Gasteiger partial charge < -0.3 is 14.4 Å². The Kier molecular flexibility index (Phi) is 4.78. The van der Waals surface area contributed by atoms with Crippen LogP contribution in [0.5, 0.6) is 0 Å². The molecular formula is C11H19NO3. The third-order valence-corrected chi connectivity index (χ3v) is 2.65. The van der Waals surface area contributed by atoms with E-state index in [-0.39, 0.29) is 12.0 Å². The fourth-order valence-corrected chi connectivity index (χ4v) is 1.59. The molecule has 1 heterocycles. The maximum Gasteiger partial charge on any atom is 0.251 e. The van der Waals surface area contributed by atoms with Crippen molar-refractivity contribution >= 4 is 5.91 Å². The summed E-state index contributed by atoms with van der Waals surface area (Å²) < 4.78 is 10.1. The molecule has 1 rings (SSSR count). The standard InChI is InChI=1S/C11H19NO3/c1-9(15-3)11(13)12-6-4-10(5-7-12)8-14-2/h4,9H,5-8H2,1-3H3. The van der Waals surface area contributed by atoms with E-state index in [1.807, 2.05) is 4.90 Å². The first-order valence-corrected chi connectivity index (χ1v) is 5.17. The molecule has 1 atom stereocenters. The summed E-state index contributed by atoms with van der Waals surface area (Å²) in [7, 11) is 3.24. The predicted molar refractivity (Wildman–Crippen MR) is 57.6 cm³/mol. The number of ether oxygens (including phenoxy) is 2. The second-order valence-corrected chi connectivity index (χ2v) is 3.71. The van der Waals surface area contributed by atoms with Gasteiger partial charge in [0.1, 0.15) is 6.10 Å². The van der Waals surface area contributed by atoms with Crippen LogP contribution >= 0.6 is 0 Å². The van der Waals surface area contributed by atoms with Crippen LogP contribution in [0.4, 0.5) is 0 Å². The van der Waals surface area contributed by atoms with Gasteiger partial charge in [0.2, 0.25) is 0 Å². The Balaban J connectivity index is 2.46. The minimum Gasteiger partial charge on any atom is -0.380 e. The molecule has 0 saturated carbocycles. The van der Waals surface area contributed by atoms with E-state index in [4.69, 9.17) is 9.47 Å². The van der Waals surface area contributed by atoms with Gasteiger partial charge in [-0.1, -0.05) is 6.08 Å². The van der Waals surface area contributed by atoms with Crippen molar-refractivity contribution in [3.8, 4) is 0 Å². The van der Waals surface area contributed by atoms with Gasteiger partial charge >= 0.3 is 0 Å². The van der Waals surface area contributed by atoms with Crippen molar-refractivity contribution in [1.29, 1.82) is 0 Å². The third kappa shape index (κ3) is 3.32. The Labute approximate surface area is 90.8 Å². The first-order valence-electron chi connectivity index (χ1n) is 5.17. The summed E-state index contributed by atoms with van der Waals surface area (Å²) in [5.74, 6) is 0.0604. The van der Waals surface area contributed by atoms with Crippen LogP contribution in [0, 0.1) is 0 Å². The Morgan fingerprint density at radius 1 is 1.60 bits per heavy atom. The Morgan fingerprint density at radius 2 is 2.33 bits per heavy atom. The van der Waals surface area contributed by atoms with Gasteiger partial charge in [-0.05, 0) is 18.9 Å². The van der Waals surface area contributed by atoms with Gasteiger partial charge in [0.05, 0.1) is 6.61 Å². The van der Waals surface area contributed by atoms with Crippen LogP contribution in [0.15, 0.2) is 11.6 Å². The molecule has 0 fully saturated rings. The number of nitrogens with zero attached hydrogens (tertiary/aromatic N) is 1. The molecule has 0 bridgehead atoms. The maximum absolute atomic E-state index is 11.7. The van der Waals surface area contributed by atoms with E-state index in [2.05, 4.69) is 6.08 Å². The highest BCUT2D eigenvalue weighted by molar-refractivity contribution is 5.80. The fourth-order valence-electron chi connectivity index (χ4n) is 1.59. The van der Waals surface area contributed by atoms with E-state index >= 15 is 0 Å². The zero-order valence-corrected chi connectivity index (χ0v) is 9.66. The lowest BCUT2D eigenvalue weighted by Crippen LogP contribution is -2.41. The minimum absolute atomic E-state index is 0.0604. The van der Waals surface area contributed by atoms with Crippen LogP contribution in [0.1, 0.15) is 13.3 Å². The van der Waals surface area contributed by atoms with E-state index in [0.29, 0.717) is 13.2 Å². The maximum atomic E-state index is 11.7. The molecule has 15 heavy (non-hydrogen) atoms. The Bertz CT molecular complexity index is 250. The highest BCUT2D eigenvalue weighted by Gasteiger charge is 2.21. The molecule has 86 valence electrons. The second-order valence-electron chi connectivity index (χ2n) is 3.71. The summed E-state index contributed by atoms with van der Waals surface area (Å²) in [5.41, 5.74) is 1.27. The molecule has 1 amide bonds. The molecule has 0 aromatic carbocycles. The van der Waals surface area contributed by atoms with Gasteiger partial charge in [0.15, 0.2) is 0 Å². The van der Waals surface area contributed by atoms with Crippen LogP contribution in [-0.2, 0) is 14.3 Å². The zero-order chi connectivity index (χ0) is 11.3. The Morgan fingerprint density at radius 3 is 2.80 bits per heavy atom. The number of hydrogen-bond acceptors (Lipinski definition) is 3. The van der Waals surface area contributed by atoms with Gasteiger partial charge in [-0.15, -0.1) is 0 Å². The summed E-state index contributed by atoms with van der Waals surface area (Å²) in [6.07, 6.45) is 2.62. The number of rotatable bonds is 4. The van der Waals surface area contributed by atoms with Crippen LogP contribution < -0.4 is 0 Å². The lowest BCUT2D eigenvalue weighted by Gasteiger charge is -2.28. The van der Waals surface area contributed by atoms with Crippen LogP contribution in [0.3, 0.4) is 0 Å². The number of amides is 1. The van der Waals surface area contributed by atoms with Crippen molar-refractivity contribution in [3.63, 3.8) is 0 Å². The van der Waals surface area contributed by atoms with Gasteiger partial charge in [0.25, 0.3) is 5.91 Å². The van der Waals surface area contributed by atoms with E-state index in [9.17, 15) is 4.79 Å².